The van der Waals surface area contributed by atoms with Crippen molar-refractivity contribution in [3.8, 4) is 0 Å². The van der Waals surface area contributed by atoms with Gasteiger partial charge in [-0.05, 0) is 64.2 Å². The van der Waals surface area contributed by atoms with Crippen molar-refractivity contribution in [1.82, 2.24) is 14.7 Å². The highest BCUT2D eigenvalue weighted by atomic mass is 15.3. The molecule has 0 atom stereocenters. The Bertz CT molecular complexity index is 371. The first-order valence-electron chi connectivity index (χ1n) is 6.48. The van der Waals surface area contributed by atoms with Gasteiger partial charge in [-0.1, -0.05) is 0 Å². The van der Waals surface area contributed by atoms with Crippen molar-refractivity contribution in [1.29, 1.82) is 0 Å². The summed E-state index contributed by atoms with van der Waals surface area (Å²) in [7, 11) is 2.21. The summed E-state index contributed by atoms with van der Waals surface area (Å²) in [5.41, 5.74) is 2.78. The lowest BCUT2D eigenvalue weighted by Gasteiger charge is -2.29. The molecule has 1 aromatic rings. The predicted molar refractivity (Wildman–Crippen MR) is 64.7 cm³/mol. The summed E-state index contributed by atoms with van der Waals surface area (Å²) in [5, 5.41) is 4.72. The van der Waals surface area contributed by atoms with Crippen molar-refractivity contribution in [3.05, 3.63) is 17.5 Å². The van der Waals surface area contributed by atoms with E-state index in [4.69, 9.17) is 5.10 Å². The van der Waals surface area contributed by atoms with Crippen LogP contribution in [0.5, 0.6) is 0 Å². The van der Waals surface area contributed by atoms with Gasteiger partial charge in [0, 0.05) is 6.20 Å². The van der Waals surface area contributed by atoms with Gasteiger partial charge in [0.05, 0.1) is 11.7 Å². The average molecular weight is 219 g/mol. The van der Waals surface area contributed by atoms with E-state index >= 15 is 0 Å². The fraction of sp³-hybridized carbons (Fsp3) is 0.769. The minimum absolute atomic E-state index is 0.641. The SMILES string of the molecule is Cc1nn(C2CCN(C)CC2)cc1C1CC1. The number of likely N-dealkylation sites (tertiary alicyclic amines) is 1. The van der Waals surface area contributed by atoms with Crippen LogP contribution in [0.2, 0.25) is 0 Å². The van der Waals surface area contributed by atoms with E-state index in [2.05, 4.69) is 29.7 Å². The quantitative estimate of drug-likeness (QED) is 0.761. The molecule has 1 aliphatic heterocycles. The molecule has 0 N–H and O–H groups in total. The first kappa shape index (κ1) is 10.3. The Kier molecular flexibility index (Phi) is 2.51. The zero-order valence-corrected chi connectivity index (χ0v) is 10.3. The van der Waals surface area contributed by atoms with E-state index in [1.54, 1.807) is 0 Å². The lowest BCUT2D eigenvalue weighted by atomic mass is 10.1. The number of hydrogen-bond acceptors (Lipinski definition) is 2. The summed E-state index contributed by atoms with van der Waals surface area (Å²) in [6.07, 6.45) is 7.58. The molecule has 3 rings (SSSR count). The number of piperidine rings is 1. The van der Waals surface area contributed by atoms with Crippen LogP contribution in [0.25, 0.3) is 0 Å². The van der Waals surface area contributed by atoms with Gasteiger partial charge in [0.15, 0.2) is 0 Å². The van der Waals surface area contributed by atoms with Gasteiger partial charge in [0.25, 0.3) is 0 Å². The van der Waals surface area contributed by atoms with Crippen LogP contribution in [0.15, 0.2) is 6.20 Å². The van der Waals surface area contributed by atoms with Crippen LogP contribution in [-0.4, -0.2) is 34.8 Å². The molecule has 3 nitrogen and oxygen atoms in total. The van der Waals surface area contributed by atoms with Crippen molar-refractivity contribution >= 4 is 0 Å². The molecule has 3 heteroatoms. The van der Waals surface area contributed by atoms with Crippen molar-refractivity contribution in [2.75, 3.05) is 20.1 Å². The van der Waals surface area contributed by atoms with Crippen LogP contribution >= 0.6 is 0 Å². The fourth-order valence-electron chi connectivity index (χ4n) is 2.74. The second kappa shape index (κ2) is 3.88. The molecule has 0 unspecified atom stereocenters. The third kappa shape index (κ3) is 1.88. The zero-order valence-electron chi connectivity index (χ0n) is 10.3. The molecular weight excluding hydrogens is 198 g/mol. The lowest BCUT2D eigenvalue weighted by molar-refractivity contribution is 0.212. The van der Waals surface area contributed by atoms with E-state index in [1.165, 1.54) is 50.0 Å². The second-order valence-corrected chi connectivity index (χ2v) is 5.46. The molecule has 2 aliphatic rings. The second-order valence-electron chi connectivity index (χ2n) is 5.46. The summed E-state index contributed by atoms with van der Waals surface area (Å²) in [6, 6.07) is 0.641. The highest BCUT2D eigenvalue weighted by molar-refractivity contribution is 5.25. The first-order valence-corrected chi connectivity index (χ1v) is 6.48. The van der Waals surface area contributed by atoms with Gasteiger partial charge in [-0.25, -0.2) is 0 Å². The number of rotatable bonds is 2. The van der Waals surface area contributed by atoms with Crippen molar-refractivity contribution in [2.45, 2.75) is 44.6 Å². The molecule has 1 saturated heterocycles. The Morgan fingerprint density at radius 1 is 1.19 bits per heavy atom. The molecule has 0 bridgehead atoms. The maximum atomic E-state index is 4.72. The Morgan fingerprint density at radius 2 is 1.88 bits per heavy atom. The molecule has 0 aromatic carbocycles. The van der Waals surface area contributed by atoms with E-state index in [1.807, 2.05) is 0 Å². The highest BCUT2D eigenvalue weighted by Crippen LogP contribution is 2.41. The lowest BCUT2D eigenvalue weighted by Crippen LogP contribution is -2.31. The average Bonchev–Trinajstić information content (AvgIpc) is 3.04. The minimum atomic E-state index is 0.641. The van der Waals surface area contributed by atoms with Gasteiger partial charge in [0.2, 0.25) is 0 Å². The summed E-state index contributed by atoms with van der Waals surface area (Å²) in [4.78, 5) is 2.41. The molecular formula is C13H21N3. The van der Waals surface area contributed by atoms with E-state index < -0.39 is 0 Å². The monoisotopic (exact) mass is 219 g/mol. The topological polar surface area (TPSA) is 21.1 Å². The zero-order chi connectivity index (χ0) is 11.1. The van der Waals surface area contributed by atoms with Crippen LogP contribution in [0, 0.1) is 6.92 Å². The molecule has 1 aliphatic carbocycles. The van der Waals surface area contributed by atoms with Gasteiger partial charge < -0.3 is 4.90 Å². The molecule has 2 heterocycles. The first-order chi connectivity index (χ1) is 7.74. The van der Waals surface area contributed by atoms with Gasteiger partial charge in [-0.2, -0.15) is 5.10 Å². The Labute approximate surface area is 97.4 Å². The van der Waals surface area contributed by atoms with Gasteiger partial charge >= 0.3 is 0 Å². The number of aromatic nitrogens is 2. The summed E-state index contributed by atoms with van der Waals surface area (Å²) < 4.78 is 2.25. The van der Waals surface area contributed by atoms with Gasteiger partial charge in [0.1, 0.15) is 0 Å². The van der Waals surface area contributed by atoms with Crippen molar-refractivity contribution < 1.29 is 0 Å². The maximum absolute atomic E-state index is 4.72. The van der Waals surface area contributed by atoms with Crippen molar-refractivity contribution in [3.63, 3.8) is 0 Å². The standard InChI is InChI=1S/C13H21N3/c1-10-13(11-3-4-11)9-16(14-10)12-5-7-15(2)8-6-12/h9,11-12H,3-8H2,1-2H3. The predicted octanol–water partition coefficient (Wildman–Crippen LogP) is 2.34. The van der Waals surface area contributed by atoms with E-state index in [-0.39, 0.29) is 0 Å². The summed E-state index contributed by atoms with van der Waals surface area (Å²) in [5.74, 6) is 0.833. The highest BCUT2D eigenvalue weighted by Gasteiger charge is 2.28. The van der Waals surface area contributed by atoms with Crippen LogP contribution in [-0.2, 0) is 0 Å². The maximum Gasteiger partial charge on any atom is 0.0628 e. The molecule has 0 radical (unpaired) electrons. The Balaban J connectivity index is 1.76. The number of nitrogens with zero attached hydrogens (tertiary/aromatic N) is 3. The molecule has 0 spiro atoms. The molecule has 0 amide bonds. The Hall–Kier alpha value is -0.830. The summed E-state index contributed by atoms with van der Waals surface area (Å²) >= 11 is 0. The van der Waals surface area contributed by atoms with E-state index in [9.17, 15) is 0 Å². The van der Waals surface area contributed by atoms with Crippen LogP contribution in [0.1, 0.15) is 48.9 Å². The van der Waals surface area contributed by atoms with Gasteiger partial charge in [-0.15, -0.1) is 0 Å². The van der Waals surface area contributed by atoms with Crippen LogP contribution < -0.4 is 0 Å². The fourth-order valence-corrected chi connectivity index (χ4v) is 2.74. The third-order valence-corrected chi connectivity index (χ3v) is 4.03. The minimum Gasteiger partial charge on any atom is -0.306 e. The smallest absolute Gasteiger partial charge is 0.0628 e. The molecule has 1 saturated carbocycles. The Morgan fingerprint density at radius 3 is 2.50 bits per heavy atom. The number of aryl methyl sites for hydroxylation is 1. The molecule has 88 valence electrons. The normalized spacial score (nSPS) is 23.9. The molecule has 2 fully saturated rings. The largest absolute Gasteiger partial charge is 0.306 e. The number of hydrogen-bond donors (Lipinski definition) is 0. The van der Waals surface area contributed by atoms with E-state index in [0.29, 0.717) is 6.04 Å². The van der Waals surface area contributed by atoms with Crippen molar-refractivity contribution in [2.24, 2.45) is 0 Å². The third-order valence-electron chi connectivity index (χ3n) is 4.03. The van der Waals surface area contributed by atoms with E-state index in [0.717, 1.165) is 5.92 Å². The van der Waals surface area contributed by atoms with Crippen LogP contribution in [0.3, 0.4) is 0 Å². The van der Waals surface area contributed by atoms with Gasteiger partial charge in [-0.3, -0.25) is 4.68 Å². The van der Waals surface area contributed by atoms with Crippen LogP contribution in [0.4, 0.5) is 0 Å². The molecule has 1 aromatic heterocycles. The summed E-state index contributed by atoms with van der Waals surface area (Å²) in [6.45, 7) is 4.59. The molecule has 16 heavy (non-hydrogen) atoms.